The summed E-state index contributed by atoms with van der Waals surface area (Å²) in [6, 6.07) is 1.92. The van der Waals surface area contributed by atoms with Gasteiger partial charge in [0, 0.05) is 23.8 Å². The van der Waals surface area contributed by atoms with E-state index in [0.29, 0.717) is 37.8 Å². The number of carbonyl (C=O) groups excluding carboxylic acids is 1. The molecule has 2 aromatic rings. The molecule has 0 unspecified atom stereocenters. The summed E-state index contributed by atoms with van der Waals surface area (Å²) in [5.74, 6) is 0.947. The lowest BCUT2D eigenvalue weighted by molar-refractivity contribution is -0.168. The predicted molar refractivity (Wildman–Crippen MR) is 68.2 cm³/mol. The van der Waals surface area contributed by atoms with Gasteiger partial charge in [-0.25, -0.2) is 5.06 Å². The van der Waals surface area contributed by atoms with E-state index in [1.807, 2.05) is 16.8 Å². The first-order valence-electron chi connectivity index (χ1n) is 6.11. The average molecular weight is 279 g/mol. The van der Waals surface area contributed by atoms with Gasteiger partial charge in [0.1, 0.15) is 0 Å². The van der Waals surface area contributed by atoms with Crippen LogP contribution in [-0.2, 0) is 16.1 Å². The van der Waals surface area contributed by atoms with Crippen molar-refractivity contribution in [2.45, 2.75) is 19.3 Å². The lowest BCUT2D eigenvalue weighted by Crippen LogP contribution is -2.26. The maximum atomic E-state index is 11.8. The van der Waals surface area contributed by atoms with Gasteiger partial charge >= 0.3 is 0 Å². The number of amides is 1. The largest absolute Gasteiger partial charge is 0.421 e. The molecule has 1 aliphatic heterocycles. The molecule has 6 nitrogen and oxygen atoms in total. The topological polar surface area (TPSA) is 68.5 Å². The van der Waals surface area contributed by atoms with E-state index in [4.69, 9.17) is 9.25 Å². The summed E-state index contributed by atoms with van der Waals surface area (Å²) < 4.78 is 5.51. The van der Waals surface area contributed by atoms with Gasteiger partial charge in [0.25, 0.3) is 0 Å². The van der Waals surface area contributed by atoms with Gasteiger partial charge in [-0.3, -0.25) is 9.63 Å². The summed E-state index contributed by atoms with van der Waals surface area (Å²) in [5.41, 5.74) is 0.915. The lowest BCUT2D eigenvalue weighted by atomic mass is 10.3. The number of rotatable bonds is 4. The molecular formula is C12H13N3O3S. The zero-order valence-electron chi connectivity index (χ0n) is 10.2. The molecule has 0 bridgehead atoms. The van der Waals surface area contributed by atoms with Gasteiger partial charge in [0.2, 0.25) is 17.7 Å². The fourth-order valence-electron chi connectivity index (χ4n) is 1.84. The quantitative estimate of drug-likeness (QED) is 0.855. The van der Waals surface area contributed by atoms with E-state index >= 15 is 0 Å². The molecule has 0 saturated carbocycles. The van der Waals surface area contributed by atoms with E-state index in [0.717, 1.165) is 12.0 Å². The predicted octanol–water partition coefficient (Wildman–Crippen LogP) is 1.89. The minimum atomic E-state index is -0.0345. The molecule has 0 atom stereocenters. The zero-order chi connectivity index (χ0) is 13.1. The highest BCUT2D eigenvalue weighted by atomic mass is 32.1. The highest BCUT2D eigenvalue weighted by Crippen LogP contribution is 2.21. The van der Waals surface area contributed by atoms with Crippen LogP contribution in [-0.4, -0.2) is 34.3 Å². The summed E-state index contributed by atoms with van der Waals surface area (Å²) >= 11 is 1.57. The van der Waals surface area contributed by atoms with Crippen molar-refractivity contribution in [3.63, 3.8) is 0 Å². The van der Waals surface area contributed by atoms with Crippen molar-refractivity contribution in [3.05, 3.63) is 22.7 Å². The van der Waals surface area contributed by atoms with E-state index in [-0.39, 0.29) is 5.91 Å². The molecule has 19 heavy (non-hydrogen) atoms. The van der Waals surface area contributed by atoms with Gasteiger partial charge < -0.3 is 4.42 Å². The van der Waals surface area contributed by atoms with Crippen LogP contribution < -0.4 is 0 Å². The third-order valence-corrected chi connectivity index (χ3v) is 3.50. The summed E-state index contributed by atoms with van der Waals surface area (Å²) in [4.78, 5) is 17.0. The summed E-state index contributed by atoms with van der Waals surface area (Å²) in [6.07, 6.45) is 1.66. The third-order valence-electron chi connectivity index (χ3n) is 2.82. The highest BCUT2D eigenvalue weighted by molar-refractivity contribution is 7.08. The van der Waals surface area contributed by atoms with Crippen molar-refractivity contribution < 1.29 is 14.0 Å². The van der Waals surface area contributed by atoms with Crippen LogP contribution in [0.3, 0.4) is 0 Å². The Morgan fingerprint density at radius 3 is 3.16 bits per heavy atom. The minimum absolute atomic E-state index is 0.0345. The highest BCUT2D eigenvalue weighted by Gasteiger charge is 2.20. The average Bonchev–Trinajstić information content (AvgIpc) is 3.14. The van der Waals surface area contributed by atoms with E-state index in [1.165, 1.54) is 5.06 Å². The van der Waals surface area contributed by atoms with Crippen molar-refractivity contribution in [2.75, 3.05) is 13.2 Å². The second-order valence-electron chi connectivity index (χ2n) is 4.20. The van der Waals surface area contributed by atoms with E-state index in [1.54, 1.807) is 11.3 Å². The first kappa shape index (κ1) is 12.3. The van der Waals surface area contributed by atoms with Crippen LogP contribution in [0, 0.1) is 0 Å². The Morgan fingerprint density at radius 2 is 2.42 bits per heavy atom. The molecule has 3 heterocycles. The molecule has 1 amide bonds. The Labute approximate surface area is 114 Å². The number of hydrogen-bond acceptors (Lipinski definition) is 6. The van der Waals surface area contributed by atoms with Gasteiger partial charge in [0.15, 0.2) is 0 Å². The summed E-state index contributed by atoms with van der Waals surface area (Å²) in [7, 11) is 0. The lowest BCUT2D eigenvalue weighted by Gasteiger charge is -2.12. The number of hydroxylamine groups is 2. The number of aromatic nitrogens is 2. The maximum absolute atomic E-state index is 11.8. The van der Waals surface area contributed by atoms with E-state index in [2.05, 4.69) is 10.2 Å². The molecule has 1 fully saturated rings. The van der Waals surface area contributed by atoms with Crippen LogP contribution in [0.1, 0.15) is 18.7 Å². The van der Waals surface area contributed by atoms with Crippen LogP contribution in [0.5, 0.6) is 0 Å². The number of carbonyl (C=O) groups is 1. The Morgan fingerprint density at radius 1 is 1.47 bits per heavy atom. The Balaban J connectivity index is 1.57. The van der Waals surface area contributed by atoms with Gasteiger partial charge in [-0.05, 0) is 17.9 Å². The molecule has 3 rings (SSSR count). The summed E-state index contributed by atoms with van der Waals surface area (Å²) in [5, 5.41) is 13.2. The van der Waals surface area contributed by atoms with Gasteiger partial charge in [-0.15, -0.1) is 10.2 Å². The first-order valence-corrected chi connectivity index (χ1v) is 7.05. The molecule has 0 spiro atoms. The monoisotopic (exact) mass is 279 g/mol. The first-order chi connectivity index (χ1) is 9.33. The smallest absolute Gasteiger partial charge is 0.248 e. The summed E-state index contributed by atoms with van der Waals surface area (Å²) in [6.45, 7) is 1.29. The van der Waals surface area contributed by atoms with Crippen molar-refractivity contribution in [3.8, 4) is 11.5 Å². The fourth-order valence-corrected chi connectivity index (χ4v) is 2.47. The third kappa shape index (κ3) is 2.82. The number of nitrogens with zero attached hydrogens (tertiary/aromatic N) is 3. The van der Waals surface area contributed by atoms with Crippen molar-refractivity contribution in [2.24, 2.45) is 0 Å². The Kier molecular flexibility index (Phi) is 3.56. The standard InChI is InChI=1S/C12H13N3O3S/c16-11(15-5-1-6-17-15)3-2-10-13-14-12(18-10)9-4-7-19-8-9/h4,7-8H,1-3,5-6H2. The molecule has 0 N–H and O–H groups in total. The molecule has 0 radical (unpaired) electrons. The van der Waals surface area contributed by atoms with Gasteiger partial charge in [-0.2, -0.15) is 11.3 Å². The van der Waals surface area contributed by atoms with E-state index in [9.17, 15) is 4.79 Å². The SMILES string of the molecule is O=C(CCc1nnc(-c2ccsc2)o1)N1CCCO1. The number of aryl methyl sites for hydroxylation is 1. The molecule has 100 valence electrons. The second-order valence-corrected chi connectivity index (χ2v) is 4.98. The van der Waals surface area contributed by atoms with Crippen molar-refractivity contribution >= 4 is 17.2 Å². The van der Waals surface area contributed by atoms with Crippen molar-refractivity contribution in [1.29, 1.82) is 0 Å². The van der Waals surface area contributed by atoms with Crippen LogP contribution in [0.2, 0.25) is 0 Å². The molecule has 1 saturated heterocycles. The van der Waals surface area contributed by atoms with E-state index < -0.39 is 0 Å². The molecule has 2 aromatic heterocycles. The number of thiophene rings is 1. The minimum Gasteiger partial charge on any atom is -0.421 e. The Hall–Kier alpha value is -1.73. The zero-order valence-corrected chi connectivity index (χ0v) is 11.1. The van der Waals surface area contributed by atoms with Crippen LogP contribution in [0.4, 0.5) is 0 Å². The normalized spacial score (nSPS) is 15.1. The molecule has 1 aliphatic rings. The number of hydrogen-bond donors (Lipinski definition) is 0. The fraction of sp³-hybridized carbons (Fsp3) is 0.417. The van der Waals surface area contributed by atoms with Crippen LogP contribution >= 0.6 is 11.3 Å². The molecular weight excluding hydrogens is 266 g/mol. The Bertz CT molecular complexity index is 546. The molecule has 0 aliphatic carbocycles. The molecule has 7 heteroatoms. The van der Waals surface area contributed by atoms with Crippen molar-refractivity contribution in [1.82, 2.24) is 15.3 Å². The molecule has 0 aromatic carbocycles. The van der Waals surface area contributed by atoms with Crippen LogP contribution in [0.25, 0.3) is 11.5 Å². The van der Waals surface area contributed by atoms with Crippen LogP contribution in [0.15, 0.2) is 21.2 Å². The maximum Gasteiger partial charge on any atom is 0.248 e. The van der Waals surface area contributed by atoms with Gasteiger partial charge in [0.05, 0.1) is 13.2 Å². The van der Waals surface area contributed by atoms with Gasteiger partial charge in [-0.1, -0.05) is 0 Å². The second kappa shape index (κ2) is 5.50.